The molecule has 0 bridgehead atoms. The van der Waals surface area contributed by atoms with Gasteiger partial charge in [0.25, 0.3) is 0 Å². The molecule has 2 aromatic carbocycles. The Morgan fingerprint density at radius 1 is 1.04 bits per heavy atom. The van der Waals surface area contributed by atoms with Crippen LogP contribution in [0.2, 0.25) is 0 Å². The number of hydrogen-bond acceptors (Lipinski definition) is 3. The molecule has 1 atom stereocenters. The first kappa shape index (κ1) is 18.5. The van der Waals surface area contributed by atoms with Crippen molar-refractivity contribution in [1.29, 1.82) is 0 Å². The van der Waals surface area contributed by atoms with Crippen molar-refractivity contribution < 1.29 is 13.6 Å². The fourth-order valence-corrected chi connectivity index (χ4v) is 2.89. The Balaban J connectivity index is 2.01. The standard InChI is InChI=1S/C21H19F2N3O/c1-15(27)25-20(16-6-8-17(22)9-7-16)14-26(18-10-12-24-13-11-18)21-5-3-2-4-19(21)23/h2-13,20H,14H2,1H3,(H,25,27). The van der Waals surface area contributed by atoms with Gasteiger partial charge in [0.05, 0.1) is 11.7 Å². The topological polar surface area (TPSA) is 45.2 Å². The van der Waals surface area contributed by atoms with Gasteiger partial charge in [-0.2, -0.15) is 0 Å². The molecule has 0 aliphatic heterocycles. The molecule has 0 saturated carbocycles. The number of benzene rings is 2. The first-order chi connectivity index (χ1) is 13.0. The average molecular weight is 367 g/mol. The Bertz CT molecular complexity index is 901. The lowest BCUT2D eigenvalue weighted by Crippen LogP contribution is -2.35. The lowest BCUT2D eigenvalue weighted by molar-refractivity contribution is -0.119. The van der Waals surface area contributed by atoms with Gasteiger partial charge >= 0.3 is 0 Å². The Morgan fingerprint density at radius 2 is 1.70 bits per heavy atom. The molecule has 4 nitrogen and oxygen atoms in total. The number of carbonyl (C=O) groups excluding carboxylic acids is 1. The lowest BCUT2D eigenvalue weighted by atomic mass is 10.1. The van der Waals surface area contributed by atoms with E-state index in [1.165, 1.54) is 25.1 Å². The van der Waals surface area contributed by atoms with Crippen molar-refractivity contribution >= 4 is 17.3 Å². The van der Waals surface area contributed by atoms with E-state index in [1.54, 1.807) is 59.8 Å². The lowest BCUT2D eigenvalue weighted by Gasteiger charge is -2.30. The van der Waals surface area contributed by atoms with E-state index < -0.39 is 6.04 Å². The van der Waals surface area contributed by atoms with Gasteiger partial charge in [-0.1, -0.05) is 24.3 Å². The van der Waals surface area contributed by atoms with Crippen LogP contribution in [0.15, 0.2) is 73.1 Å². The summed E-state index contributed by atoms with van der Waals surface area (Å²) in [5.41, 5.74) is 1.83. The minimum Gasteiger partial charge on any atom is -0.348 e. The van der Waals surface area contributed by atoms with Crippen molar-refractivity contribution in [2.45, 2.75) is 13.0 Å². The molecular weight excluding hydrogens is 348 g/mol. The van der Waals surface area contributed by atoms with E-state index in [2.05, 4.69) is 10.3 Å². The van der Waals surface area contributed by atoms with Gasteiger partial charge in [-0.25, -0.2) is 8.78 Å². The second-order valence-electron chi connectivity index (χ2n) is 6.07. The van der Waals surface area contributed by atoms with E-state index in [-0.39, 0.29) is 24.1 Å². The molecule has 1 unspecified atom stereocenters. The highest BCUT2D eigenvalue weighted by Gasteiger charge is 2.21. The normalized spacial score (nSPS) is 11.7. The molecule has 1 aromatic heterocycles. The van der Waals surface area contributed by atoms with E-state index in [0.29, 0.717) is 5.69 Å². The Hall–Kier alpha value is -3.28. The summed E-state index contributed by atoms with van der Waals surface area (Å²) in [4.78, 5) is 17.5. The summed E-state index contributed by atoms with van der Waals surface area (Å²) in [6.45, 7) is 1.67. The number of aromatic nitrogens is 1. The van der Waals surface area contributed by atoms with Crippen molar-refractivity contribution in [2.24, 2.45) is 0 Å². The quantitative estimate of drug-likeness (QED) is 0.703. The zero-order chi connectivity index (χ0) is 19.2. The van der Waals surface area contributed by atoms with Gasteiger partial charge in [-0.05, 0) is 42.0 Å². The molecule has 3 aromatic rings. The van der Waals surface area contributed by atoms with E-state index in [4.69, 9.17) is 0 Å². The molecule has 1 N–H and O–H groups in total. The summed E-state index contributed by atoms with van der Waals surface area (Å²) in [7, 11) is 0. The molecule has 1 heterocycles. The molecule has 0 saturated heterocycles. The highest BCUT2D eigenvalue weighted by atomic mass is 19.1. The van der Waals surface area contributed by atoms with Gasteiger partial charge in [0.1, 0.15) is 11.6 Å². The molecule has 0 fully saturated rings. The van der Waals surface area contributed by atoms with Crippen LogP contribution in [0, 0.1) is 11.6 Å². The highest BCUT2D eigenvalue weighted by Crippen LogP contribution is 2.30. The smallest absolute Gasteiger partial charge is 0.217 e. The van der Waals surface area contributed by atoms with Crippen LogP contribution in [0.5, 0.6) is 0 Å². The number of halogens is 2. The summed E-state index contributed by atoms with van der Waals surface area (Å²) >= 11 is 0. The summed E-state index contributed by atoms with van der Waals surface area (Å²) in [6.07, 6.45) is 3.24. The Labute approximate surface area is 156 Å². The van der Waals surface area contributed by atoms with E-state index >= 15 is 0 Å². The summed E-state index contributed by atoms with van der Waals surface area (Å²) < 4.78 is 27.8. The molecule has 6 heteroatoms. The number of rotatable bonds is 6. The van der Waals surface area contributed by atoms with Crippen LogP contribution in [0.25, 0.3) is 0 Å². The van der Waals surface area contributed by atoms with Crippen molar-refractivity contribution in [3.63, 3.8) is 0 Å². The average Bonchev–Trinajstić information content (AvgIpc) is 2.67. The van der Waals surface area contributed by atoms with Crippen LogP contribution in [-0.2, 0) is 4.79 Å². The maximum atomic E-state index is 14.5. The minimum atomic E-state index is -0.462. The second-order valence-corrected chi connectivity index (χ2v) is 6.07. The summed E-state index contributed by atoms with van der Waals surface area (Å²) in [5, 5.41) is 2.86. The highest BCUT2D eigenvalue weighted by molar-refractivity contribution is 5.74. The molecule has 0 aliphatic carbocycles. The van der Waals surface area contributed by atoms with Crippen LogP contribution in [0.3, 0.4) is 0 Å². The van der Waals surface area contributed by atoms with Crippen molar-refractivity contribution in [3.8, 4) is 0 Å². The zero-order valence-corrected chi connectivity index (χ0v) is 14.8. The van der Waals surface area contributed by atoms with Crippen molar-refractivity contribution in [1.82, 2.24) is 10.3 Å². The fourth-order valence-electron chi connectivity index (χ4n) is 2.89. The SMILES string of the molecule is CC(=O)NC(CN(c1ccncc1)c1ccccc1F)c1ccc(F)cc1. The molecule has 3 rings (SSSR count). The van der Waals surface area contributed by atoms with Crippen LogP contribution in [-0.4, -0.2) is 17.4 Å². The molecule has 0 spiro atoms. The minimum absolute atomic E-state index is 0.229. The fraction of sp³-hybridized carbons (Fsp3) is 0.143. The number of amides is 1. The summed E-state index contributed by atoms with van der Waals surface area (Å²) in [6, 6.07) is 15.4. The predicted octanol–water partition coefficient (Wildman–Crippen LogP) is 4.38. The number of para-hydroxylation sites is 1. The van der Waals surface area contributed by atoms with Gasteiger partial charge < -0.3 is 10.2 Å². The number of anilines is 2. The monoisotopic (exact) mass is 367 g/mol. The van der Waals surface area contributed by atoms with Gasteiger partial charge in [0.2, 0.25) is 5.91 Å². The number of nitrogens with one attached hydrogen (secondary N) is 1. The second kappa shape index (κ2) is 8.40. The molecule has 0 radical (unpaired) electrons. The van der Waals surface area contributed by atoms with Crippen LogP contribution >= 0.6 is 0 Å². The molecule has 1 amide bonds. The molecule has 27 heavy (non-hydrogen) atoms. The molecule has 138 valence electrons. The van der Waals surface area contributed by atoms with E-state index in [0.717, 1.165) is 11.3 Å². The maximum Gasteiger partial charge on any atom is 0.217 e. The van der Waals surface area contributed by atoms with Crippen LogP contribution in [0.1, 0.15) is 18.5 Å². The first-order valence-corrected chi connectivity index (χ1v) is 8.49. The van der Waals surface area contributed by atoms with Gasteiger partial charge in [0, 0.05) is 31.5 Å². The zero-order valence-electron chi connectivity index (χ0n) is 14.8. The van der Waals surface area contributed by atoms with Crippen LogP contribution < -0.4 is 10.2 Å². The Kier molecular flexibility index (Phi) is 5.76. The summed E-state index contributed by atoms with van der Waals surface area (Å²) in [5.74, 6) is -0.969. The van der Waals surface area contributed by atoms with Crippen LogP contribution in [0.4, 0.5) is 20.2 Å². The van der Waals surface area contributed by atoms with E-state index in [1.807, 2.05) is 0 Å². The largest absolute Gasteiger partial charge is 0.348 e. The maximum absolute atomic E-state index is 14.5. The molecule has 0 aliphatic rings. The third-order valence-corrected chi connectivity index (χ3v) is 4.13. The number of hydrogen-bond donors (Lipinski definition) is 1. The van der Waals surface area contributed by atoms with Crippen molar-refractivity contribution in [2.75, 3.05) is 11.4 Å². The van der Waals surface area contributed by atoms with Crippen molar-refractivity contribution in [3.05, 3.63) is 90.3 Å². The number of carbonyl (C=O) groups is 1. The molecular formula is C21H19F2N3O. The third-order valence-electron chi connectivity index (χ3n) is 4.13. The number of pyridine rings is 1. The van der Waals surface area contributed by atoms with Gasteiger partial charge in [-0.3, -0.25) is 9.78 Å². The van der Waals surface area contributed by atoms with E-state index in [9.17, 15) is 13.6 Å². The van der Waals surface area contributed by atoms with Gasteiger partial charge in [-0.15, -0.1) is 0 Å². The third kappa shape index (κ3) is 4.67. The Morgan fingerprint density at radius 3 is 2.33 bits per heavy atom. The predicted molar refractivity (Wildman–Crippen MR) is 101 cm³/mol. The number of nitrogens with zero attached hydrogens (tertiary/aromatic N) is 2. The van der Waals surface area contributed by atoms with Gasteiger partial charge in [0.15, 0.2) is 0 Å². The first-order valence-electron chi connectivity index (χ1n) is 8.49.